The maximum Gasteiger partial charge on any atom is 0.220 e. The highest BCUT2D eigenvalue weighted by atomic mass is 35.5. The first-order chi connectivity index (χ1) is 9.56. The highest BCUT2D eigenvalue weighted by Gasteiger charge is 2.18. The molecule has 1 aromatic carbocycles. The Morgan fingerprint density at radius 3 is 2.30 bits per heavy atom. The van der Waals surface area contributed by atoms with Gasteiger partial charge in [0.1, 0.15) is 5.82 Å². The van der Waals surface area contributed by atoms with Crippen LogP contribution < -0.4 is 15.2 Å². The van der Waals surface area contributed by atoms with Crippen molar-refractivity contribution in [3.8, 4) is 11.8 Å². The number of hydrogen-bond acceptors (Lipinski definition) is 5. The van der Waals surface area contributed by atoms with Gasteiger partial charge in [-0.1, -0.05) is 30.7 Å². The molecule has 0 bridgehead atoms. The maximum atomic E-state index is 6.05. The van der Waals surface area contributed by atoms with Gasteiger partial charge in [-0.25, -0.2) is 0 Å². The number of aromatic nitrogens is 2. The molecule has 0 saturated carbocycles. The Bertz CT molecular complexity index is 597. The average Bonchev–Trinajstić information content (AvgIpc) is 2.48. The first-order valence-electron chi connectivity index (χ1n) is 6.07. The van der Waals surface area contributed by atoms with E-state index >= 15 is 0 Å². The molecule has 6 heteroatoms. The number of ether oxygens (including phenoxy) is 2. The summed E-state index contributed by atoms with van der Waals surface area (Å²) in [5, 5.41) is 0.518. The van der Waals surface area contributed by atoms with Crippen LogP contribution >= 0.6 is 11.6 Å². The molecule has 0 amide bonds. The number of nitrogens with two attached hydrogens (primary N) is 1. The van der Waals surface area contributed by atoms with Crippen LogP contribution in [0.25, 0.3) is 0 Å². The molecule has 2 rings (SSSR count). The largest absolute Gasteiger partial charge is 0.481 e. The monoisotopic (exact) mass is 293 g/mol. The summed E-state index contributed by atoms with van der Waals surface area (Å²) in [6, 6.07) is 7.13. The molecule has 5 nitrogen and oxygen atoms in total. The Morgan fingerprint density at radius 1 is 1.15 bits per heavy atom. The van der Waals surface area contributed by atoms with E-state index in [0.29, 0.717) is 28.3 Å². The molecule has 20 heavy (non-hydrogen) atoms. The molecule has 1 atom stereocenters. The Labute approximate surface area is 122 Å². The van der Waals surface area contributed by atoms with Crippen molar-refractivity contribution in [1.29, 1.82) is 0 Å². The van der Waals surface area contributed by atoms with Crippen molar-refractivity contribution in [2.24, 2.45) is 0 Å². The summed E-state index contributed by atoms with van der Waals surface area (Å²) in [4.78, 5) is 8.67. The fourth-order valence-electron chi connectivity index (χ4n) is 1.89. The van der Waals surface area contributed by atoms with Crippen LogP contribution in [0.1, 0.15) is 24.2 Å². The number of para-hydroxylation sites is 1. The van der Waals surface area contributed by atoms with E-state index in [-0.39, 0.29) is 5.92 Å². The van der Waals surface area contributed by atoms with Crippen molar-refractivity contribution < 1.29 is 9.47 Å². The number of nitrogens with zero attached hydrogens (tertiary/aromatic N) is 2. The molecule has 0 spiro atoms. The SMILES string of the molecule is COc1cc(OC)nc(C(C)c2cccc(Cl)c2N)n1. The zero-order valence-corrected chi connectivity index (χ0v) is 12.3. The molecule has 1 unspecified atom stereocenters. The normalized spacial score (nSPS) is 12.0. The lowest BCUT2D eigenvalue weighted by atomic mass is 9.98. The predicted molar refractivity (Wildman–Crippen MR) is 78.5 cm³/mol. The van der Waals surface area contributed by atoms with E-state index in [0.717, 1.165) is 5.56 Å². The molecule has 0 aliphatic heterocycles. The van der Waals surface area contributed by atoms with E-state index < -0.39 is 0 Å². The lowest BCUT2D eigenvalue weighted by molar-refractivity contribution is 0.367. The molecule has 0 saturated heterocycles. The zero-order chi connectivity index (χ0) is 14.7. The minimum Gasteiger partial charge on any atom is -0.481 e. The predicted octanol–water partition coefficient (Wildman–Crippen LogP) is 2.88. The third kappa shape index (κ3) is 2.77. The fraction of sp³-hybridized carbons (Fsp3) is 0.286. The summed E-state index contributed by atoms with van der Waals surface area (Å²) >= 11 is 6.05. The average molecular weight is 294 g/mol. The van der Waals surface area contributed by atoms with E-state index in [4.69, 9.17) is 26.8 Å². The van der Waals surface area contributed by atoms with Gasteiger partial charge >= 0.3 is 0 Å². The second kappa shape index (κ2) is 5.96. The third-order valence-corrected chi connectivity index (χ3v) is 3.38. The van der Waals surface area contributed by atoms with Gasteiger partial charge in [0.05, 0.1) is 31.0 Å². The molecule has 0 aliphatic carbocycles. The van der Waals surface area contributed by atoms with Gasteiger partial charge in [0.2, 0.25) is 11.8 Å². The molecule has 0 radical (unpaired) electrons. The van der Waals surface area contributed by atoms with Crippen LogP contribution in [0.4, 0.5) is 5.69 Å². The third-order valence-electron chi connectivity index (χ3n) is 3.06. The van der Waals surface area contributed by atoms with E-state index in [1.165, 1.54) is 0 Å². The highest BCUT2D eigenvalue weighted by molar-refractivity contribution is 6.33. The quantitative estimate of drug-likeness (QED) is 0.878. The van der Waals surface area contributed by atoms with E-state index in [1.807, 2.05) is 19.1 Å². The van der Waals surface area contributed by atoms with Gasteiger partial charge in [0.25, 0.3) is 0 Å². The molecule has 2 aromatic rings. The second-order valence-corrected chi connectivity index (χ2v) is 4.68. The highest BCUT2D eigenvalue weighted by Crippen LogP contribution is 2.32. The number of methoxy groups -OCH3 is 2. The Kier molecular flexibility index (Phi) is 4.29. The first kappa shape index (κ1) is 14.4. The Morgan fingerprint density at radius 2 is 1.75 bits per heavy atom. The van der Waals surface area contributed by atoms with Crippen molar-refractivity contribution in [2.45, 2.75) is 12.8 Å². The molecular weight excluding hydrogens is 278 g/mol. The molecule has 1 aromatic heterocycles. The zero-order valence-electron chi connectivity index (χ0n) is 11.6. The Balaban J connectivity index is 2.47. The lowest BCUT2D eigenvalue weighted by Gasteiger charge is -2.15. The van der Waals surface area contributed by atoms with Gasteiger partial charge < -0.3 is 15.2 Å². The van der Waals surface area contributed by atoms with Crippen LogP contribution in [0.2, 0.25) is 5.02 Å². The lowest BCUT2D eigenvalue weighted by Crippen LogP contribution is -2.07. The van der Waals surface area contributed by atoms with Crippen LogP contribution in [0.15, 0.2) is 24.3 Å². The number of benzene rings is 1. The van der Waals surface area contributed by atoms with Crippen LogP contribution in [-0.4, -0.2) is 24.2 Å². The number of nitrogen functional groups attached to an aromatic ring is 1. The number of rotatable bonds is 4. The summed E-state index contributed by atoms with van der Waals surface area (Å²) in [5.41, 5.74) is 7.41. The first-order valence-corrected chi connectivity index (χ1v) is 6.45. The number of hydrogen-bond donors (Lipinski definition) is 1. The van der Waals surface area contributed by atoms with E-state index in [1.54, 1.807) is 26.4 Å². The topological polar surface area (TPSA) is 70.3 Å². The van der Waals surface area contributed by atoms with Crippen LogP contribution in [-0.2, 0) is 0 Å². The molecule has 0 aliphatic rings. The van der Waals surface area contributed by atoms with Gasteiger partial charge in [0.15, 0.2) is 0 Å². The van der Waals surface area contributed by atoms with Crippen molar-refractivity contribution in [2.75, 3.05) is 20.0 Å². The maximum absolute atomic E-state index is 6.05. The van der Waals surface area contributed by atoms with Crippen molar-refractivity contribution in [3.05, 3.63) is 40.7 Å². The number of anilines is 1. The van der Waals surface area contributed by atoms with Gasteiger partial charge in [-0.15, -0.1) is 0 Å². The van der Waals surface area contributed by atoms with Crippen molar-refractivity contribution >= 4 is 17.3 Å². The summed E-state index contributed by atoms with van der Waals surface area (Å²) in [7, 11) is 3.09. The molecular formula is C14H16ClN3O2. The minimum absolute atomic E-state index is 0.127. The van der Waals surface area contributed by atoms with Gasteiger partial charge in [-0.05, 0) is 11.6 Å². The Hall–Kier alpha value is -2.01. The van der Waals surface area contributed by atoms with Gasteiger partial charge in [0, 0.05) is 5.92 Å². The van der Waals surface area contributed by atoms with Crippen LogP contribution in [0.5, 0.6) is 11.8 Å². The summed E-state index contributed by atoms with van der Waals surface area (Å²) in [6.45, 7) is 1.95. The molecule has 1 heterocycles. The molecule has 0 fully saturated rings. The van der Waals surface area contributed by atoms with Crippen LogP contribution in [0.3, 0.4) is 0 Å². The van der Waals surface area contributed by atoms with E-state index in [2.05, 4.69) is 9.97 Å². The molecule has 2 N–H and O–H groups in total. The van der Waals surface area contributed by atoms with Crippen molar-refractivity contribution in [1.82, 2.24) is 9.97 Å². The minimum atomic E-state index is -0.127. The summed E-state index contributed by atoms with van der Waals surface area (Å²) in [6.07, 6.45) is 0. The van der Waals surface area contributed by atoms with Crippen molar-refractivity contribution in [3.63, 3.8) is 0 Å². The van der Waals surface area contributed by atoms with Crippen LogP contribution in [0, 0.1) is 0 Å². The fourth-order valence-corrected chi connectivity index (χ4v) is 2.08. The van der Waals surface area contributed by atoms with Gasteiger partial charge in [-0.2, -0.15) is 9.97 Å². The summed E-state index contributed by atoms with van der Waals surface area (Å²) < 4.78 is 10.3. The van der Waals surface area contributed by atoms with E-state index in [9.17, 15) is 0 Å². The molecule has 106 valence electrons. The summed E-state index contributed by atoms with van der Waals surface area (Å²) in [5.74, 6) is 1.33. The smallest absolute Gasteiger partial charge is 0.220 e. The standard InChI is InChI=1S/C14H16ClN3O2/c1-8(9-5-4-6-10(15)13(9)16)14-17-11(19-2)7-12(18-14)20-3/h4-8H,16H2,1-3H3. The second-order valence-electron chi connectivity index (χ2n) is 4.28. The van der Waals surface area contributed by atoms with Gasteiger partial charge in [-0.3, -0.25) is 0 Å². The number of halogens is 1.